The number of ether oxygens (including phenoxy) is 3. The summed E-state index contributed by atoms with van der Waals surface area (Å²) in [6.45, 7) is 3.94. The third-order valence-electron chi connectivity index (χ3n) is 11.9. The number of carbonyl (C=O) groups is 3. The molecule has 7 nitrogen and oxygen atoms in total. The summed E-state index contributed by atoms with van der Waals surface area (Å²) < 4.78 is 16.9. The summed E-state index contributed by atoms with van der Waals surface area (Å²) in [7, 11) is 0. The molecule has 0 aromatic heterocycles. The van der Waals surface area contributed by atoms with E-state index < -0.39 is 0 Å². The van der Waals surface area contributed by atoms with E-state index in [9.17, 15) is 14.4 Å². The first kappa shape index (κ1) is 40.5. The van der Waals surface area contributed by atoms with Gasteiger partial charge in [0.2, 0.25) is 0 Å². The highest BCUT2D eigenvalue weighted by Crippen LogP contribution is 2.61. The Bertz CT molecular complexity index is 1010. The predicted molar refractivity (Wildman–Crippen MR) is 201 cm³/mol. The highest BCUT2D eigenvalue weighted by molar-refractivity contribution is 5.70. The number of allylic oxidation sites excluding steroid dienone is 4. The number of amides is 1. The molecule has 0 aromatic rings. The largest absolute Gasteiger partial charge is 0.465 e. The van der Waals surface area contributed by atoms with Crippen molar-refractivity contribution >= 4 is 18.0 Å². The summed E-state index contributed by atoms with van der Waals surface area (Å²) in [5.41, 5.74) is 0.469. The van der Waals surface area contributed by atoms with Gasteiger partial charge in [-0.25, -0.2) is 4.79 Å². The molecule has 5 fully saturated rings. The van der Waals surface area contributed by atoms with Gasteiger partial charge in [0, 0.05) is 25.9 Å². The molecular weight excluding hydrogens is 626 g/mol. The summed E-state index contributed by atoms with van der Waals surface area (Å²) in [6.07, 6.45) is 37.1. The normalized spacial score (nSPS) is 25.0. The van der Waals surface area contributed by atoms with Crippen LogP contribution in [0.3, 0.4) is 0 Å². The Kier molecular flexibility index (Phi) is 18.8. The molecule has 50 heavy (non-hydrogen) atoms. The number of piperidine rings is 1. The van der Waals surface area contributed by atoms with Crippen molar-refractivity contribution in [3.8, 4) is 0 Å². The lowest BCUT2D eigenvalue weighted by Gasteiger charge is -2.57. The molecular formula is C43H71NO6. The first-order chi connectivity index (χ1) is 24.4. The lowest BCUT2D eigenvalue weighted by atomic mass is 9.48. The van der Waals surface area contributed by atoms with Crippen molar-refractivity contribution < 1.29 is 28.6 Å². The summed E-state index contributed by atoms with van der Waals surface area (Å²) in [5, 5.41) is 0. The molecule has 1 aliphatic heterocycles. The van der Waals surface area contributed by atoms with Crippen LogP contribution in [0.5, 0.6) is 0 Å². The van der Waals surface area contributed by atoms with E-state index >= 15 is 0 Å². The van der Waals surface area contributed by atoms with Crippen molar-refractivity contribution in [2.24, 2.45) is 29.1 Å². The van der Waals surface area contributed by atoms with Gasteiger partial charge in [-0.2, -0.15) is 0 Å². The van der Waals surface area contributed by atoms with E-state index in [0.717, 1.165) is 82.0 Å². The van der Waals surface area contributed by atoms with Gasteiger partial charge in [0.1, 0.15) is 19.8 Å². The van der Waals surface area contributed by atoms with Crippen molar-refractivity contribution in [3.05, 3.63) is 24.3 Å². The van der Waals surface area contributed by atoms with Crippen molar-refractivity contribution in [1.29, 1.82) is 0 Å². The maximum atomic E-state index is 12.8. The van der Waals surface area contributed by atoms with Crippen LogP contribution in [-0.4, -0.2) is 55.8 Å². The Balaban J connectivity index is 1.06. The van der Waals surface area contributed by atoms with Gasteiger partial charge in [-0.05, 0) is 132 Å². The second-order valence-corrected chi connectivity index (χ2v) is 16.5. The Morgan fingerprint density at radius 2 is 1.16 bits per heavy atom. The van der Waals surface area contributed by atoms with Crippen molar-refractivity contribution in [2.45, 2.75) is 167 Å². The van der Waals surface area contributed by atoms with Crippen LogP contribution in [0.25, 0.3) is 0 Å². The van der Waals surface area contributed by atoms with Crippen LogP contribution in [-0.2, 0) is 23.8 Å². The number of carbonyl (C=O) groups excluding carboxylic acids is 3. The molecule has 0 spiro atoms. The zero-order valence-corrected chi connectivity index (χ0v) is 31.7. The van der Waals surface area contributed by atoms with Gasteiger partial charge in [0.15, 0.2) is 0 Å². The molecule has 284 valence electrons. The standard InChI is InChI=1S/C43H71NO6/c1-2-3-4-5-6-7-8-9-10-11-12-13-14-15-16-18-22-40(45)48-33-39(35-50-42(47)44-25-19-17-20-26-44)34-49-41(46)23-21-24-43-30-36-27-37(31-43)29-38(28-36)32-43/h6-7,9-10,36-39H,2-5,8,11-35H2,1H3/b7-6-,10-9-. The second kappa shape index (κ2) is 23.3. The molecule has 1 saturated heterocycles. The lowest BCUT2D eigenvalue weighted by Crippen LogP contribution is -2.45. The van der Waals surface area contributed by atoms with Gasteiger partial charge < -0.3 is 19.1 Å². The van der Waals surface area contributed by atoms with E-state index in [0.29, 0.717) is 31.3 Å². The van der Waals surface area contributed by atoms with Crippen LogP contribution in [0, 0.1) is 29.1 Å². The van der Waals surface area contributed by atoms with Crippen molar-refractivity contribution in [1.82, 2.24) is 4.90 Å². The number of likely N-dealkylation sites (tertiary alicyclic amines) is 1. The summed E-state index contributed by atoms with van der Waals surface area (Å²) in [4.78, 5) is 39.7. The molecule has 1 atom stereocenters. The fourth-order valence-electron chi connectivity index (χ4n) is 9.53. The predicted octanol–water partition coefficient (Wildman–Crippen LogP) is 10.9. The average Bonchev–Trinajstić information content (AvgIpc) is 3.10. The van der Waals surface area contributed by atoms with E-state index in [4.69, 9.17) is 14.2 Å². The highest BCUT2D eigenvalue weighted by atomic mass is 16.6. The lowest BCUT2D eigenvalue weighted by molar-refractivity contribution is -0.150. The monoisotopic (exact) mass is 698 g/mol. The maximum absolute atomic E-state index is 12.8. The Morgan fingerprint density at radius 1 is 0.640 bits per heavy atom. The third-order valence-corrected chi connectivity index (χ3v) is 11.9. The zero-order valence-electron chi connectivity index (χ0n) is 31.7. The van der Waals surface area contributed by atoms with Crippen LogP contribution < -0.4 is 0 Å². The quantitative estimate of drug-likeness (QED) is 0.0409. The van der Waals surface area contributed by atoms with Gasteiger partial charge in [-0.15, -0.1) is 0 Å². The average molecular weight is 698 g/mol. The number of nitrogens with zero attached hydrogens (tertiary/aromatic N) is 1. The summed E-state index contributed by atoms with van der Waals surface area (Å²) in [5.74, 6) is 1.97. The van der Waals surface area contributed by atoms with E-state index in [-0.39, 0.29) is 43.8 Å². The Labute approximate surface area is 304 Å². The SMILES string of the molecule is CCCCC/C=C\C/C=C\CCCCCCCCC(=O)OCC(COC(=O)CCCC12CC3CC(CC(C3)C1)C2)COC(=O)N1CCCCC1. The molecule has 4 bridgehead atoms. The van der Waals surface area contributed by atoms with Crippen LogP contribution in [0.15, 0.2) is 24.3 Å². The van der Waals surface area contributed by atoms with Crippen LogP contribution in [0.1, 0.15) is 167 Å². The molecule has 1 unspecified atom stereocenters. The van der Waals surface area contributed by atoms with E-state index in [1.54, 1.807) is 4.90 Å². The Hall–Kier alpha value is -2.31. The molecule has 1 heterocycles. The minimum atomic E-state index is -0.365. The van der Waals surface area contributed by atoms with Crippen molar-refractivity contribution in [3.63, 3.8) is 0 Å². The molecule has 0 radical (unpaired) electrons. The van der Waals surface area contributed by atoms with E-state index in [2.05, 4.69) is 31.2 Å². The molecule has 4 saturated carbocycles. The fraction of sp³-hybridized carbons (Fsp3) is 0.837. The first-order valence-electron chi connectivity index (χ1n) is 21.0. The van der Waals surface area contributed by atoms with Gasteiger partial charge in [0.25, 0.3) is 0 Å². The van der Waals surface area contributed by atoms with Crippen LogP contribution in [0.2, 0.25) is 0 Å². The molecule has 0 N–H and O–H groups in total. The molecule has 4 aliphatic carbocycles. The molecule has 5 aliphatic rings. The van der Waals surface area contributed by atoms with E-state index in [1.807, 2.05) is 0 Å². The fourth-order valence-corrected chi connectivity index (χ4v) is 9.53. The smallest absolute Gasteiger partial charge is 0.409 e. The minimum absolute atomic E-state index is 0.0775. The zero-order chi connectivity index (χ0) is 35.3. The van der Waals surface area contributed by atoms with Gasteiger partial charge in [-0.1, -0.05) is 69.8 Å². The van der Waals surface area contributed by atoms with Crippen LogP contribution in [0.4, 0.5) is 4.79 Å². The molecule has 1 amide bonds. The van der Waals surface area contributed by atoms with Gasteiger partial charge >= 0.3 is 18.0 Å². The maximum Gasteiger partial charge on any atom is 0.409 e. The Morgan fingerprint density at radius 3 is 1.76 bits per heavy atom. The topological polar surface area (TPSA) is 82.1 Å². The second-order valence-electron chi connectivity index (χ2n) is 16.5. The minimum Gasteiger partial charge on any atom is -0.465 e. The molecule has 5 rings (SSSR count). The highest BCUT2D eigenvalue weighted by Gasteiger charge is 2.50. The number of hydrogen-bond acceptors (Lipinski definition) is 6. The number of esters is 2. The van der Waals surface area contributed by atoms with Crippen molar-refractivity contribution in [2.75, 3.05) is 32.9 Å². The summed E-state index contributed by atoms with van der Waals surface area (Å²) >= 11 is 0. The number of unbranched alkanes of at least 4 members (excludes halogenated alkanes) is 9. The summed E-state index contributed by atoms with van der Waals surface area (Å²) in [6, 6.07) is 0. The van der Waals surface area contributed by atoms with Crippen LogP contribution >= 0.6 is 0 Å². The number of rotatable bonds is 25. The third kappa shape index (κ3) is 15.5. The van der Waals surface area contributed by atoms with Gasteiger partial charge in [0.05, 0.1) is 5.92 Å². The number of hydrogen-bond donors (Lipinski definition) is 0. The van der Waals surface area contributed by atoms with E-state index in [1.165, 1.54) is 83.5 Å². The molecule has 0 aromatic carbocycles. The first-order valence-corrected chi connectivity index (χ1v) is 21.0. The van der Waals surface area contributed by atoms with Gasteiger partial charge in [-0.3, -0.25) is 9.59 Å². The molecule has 7 heteroatoms.